The third kappa shape index (κ3) is 7.00. The Hall–Kier alpha value is -3.50. The first-order valence-electron chi connectivity index (χ1n) is 11.5. The summed E-state index contributed by atoms with van der Waals surface area (Å²) in [6.45, 7) is 6.21. The van der Waals surface area contributed by atoms with E-state index in [9.17, 15) is 22.8 Å². The molecule has 0 atom stereocenters. The summed E-state index contributed by atoms with van der Waals surface area (Å²) in [5.74, 6) is 0.780. The smallest absolute Gasteiger partial charge is 0.417 e. The third-order valence-electron chi connectivity index (χ3n) is 5.45. The molecule has 3 rings (SSSR count). The molecule has 1 fully saturated rings. The fourth-order valence-corrected chi connectivity index (χ4v) is 3.70. The molecule has 2 amide bonds. The normalized spacial score (nSPS) is 14.3. The van der Waals surface area contributed by atoms with Gasteiger partial charge < -0.3 is 24.6 Å². The Morgan fingerprint density at radius 1 is 1.00 bits per heavy atom. The summed E-state index contributed by atoms with van der Waals surface area (Å²) in [5, 5.41) is 2.64. The van der Waals surface area contributed by atoms with Crippen LogP contribution in [0.2, 0.25) is 0 Å². The van der Waals surface area contributed by atoms with Gasteiger partial charge >= 0.3 is 6.18 Å². The van der Waals surface area contributed by atoms with E-state index < -0.39 is 17.6 Å². The van der Waals surface area contributed by atoms with Crippen molar-refractivity contribution in [2.24, 2.45) is 0 Å². The van der Waals surface area contributed by atoms with E-state index in [-0.39, 0.29) is 12.5 Å². The van der Waals surface area contributed by atoms with Crippen LogP contribution in [0, 0.1) is 0 Å². The number of rotatable bonds is 8. The van der Waals surface area contributed by atoms with Gasteiger partial charge in [-0.2, -0.15) is 13.2 Å². The van der Waals surface area contributed by atoms with Gasteiger partial charge in [0, 0.05) is 37.9 Å². The van der Waals surface area contributed by atoms with Crippen LogP contribution in [-0.4, -0.2) is 67.6 Å². The molecule has 0 spiro atoms. The standard InChI is InChI=1S/C24H29F3N4O4/c1-3-34-19-8-6-17(14-20(19)35-4-2)23(33)29-16-22(32)31-11-5-10-30(12-13-31)21-9-7-18(15-28-21)24(25,26)27/h6-9,14-15H,3-5,10-13,16H2,1-2H3,(H,29,33). The number of hydrogen-bond donors (Lipinski definition) is 1. The molecule has 2 aromatic rings. The number of pyridine rings is 1. The zero-order valence-electron chi connectivity index (χ0n) is 19.7. The number of alkyl halides is 3. The molecule has 0 bridgehead atoms. The number of nitrogens with zero attached hydrogens (tertiary/aromatic N) is 3. The van der Waals surface area contributed by atoms with Crippen molar-refractivity contribution < 1.29 is 32.2 Å². The van der Waals surface area contributed by atoms with Gasteiger partial charge in [0.1, 0.15) is 5.82 Å². The minimum atomic E-state index is -4.44. The van der Waals surface area contributed by atoms with Crippen molar-refractivity contribution in [3.8, 4) is 11.5 Å². The first kappa shape index (κ1) is 26.1. The number of anilines is 1. The number of halogens is 3. The number of aromatic nitrogens is 1. The van der Waals surface area contributed by atoms with Crippen LogP contribution >= 0.6 is 0 Å². The molecule has 11 heteroatoms. The lowest BCUT2D eigenvalue weighted by Crippen LogP contribution is -2.42. The Balaban J connectivity index is 1.54. The molecule has 2 heterocycles. The first-order chi connectivity index (χ1) is 16.7. The second kappa shape index (κ2) is 11.8. The predicted octanol–water partition coefficient (Wildman–Crippen LogP) is 3.37. The highest BCUT2D eigenvalue weighted by molar-refractivity contribution is 5.97. The number of nitrogens with one attached hydrogen (secondary N) is 1. The van der Waals surface area contributed by atoms with E-state index in [2.05, 4.69) is 10.3 Å². The summed E-state index contributed by atoms with van der Waals surface area (Å²) in [4.78, 5) is 32.7. The largest absolute Gasteiger partial charge is 0.490 e. The summed E-state index contributed by atoms with van der Waals surface area (Å²) < 4.78 is 49.3. The van der Waals surface area contributed by atoms with E-state index in [1.165, 1.54) is 6.07 Å². The van der Waals surface area contributed by atoms with E-state index in [0.717, 1.165) is 12.3 Å². The lowest BCUT2D eigenvalue weighted by atomic mass is 10.2. The van der Waals surface area contributed by atoms with Crippen LogP contribution in [0.15, 0.2) is 36.5 Å². The summed E-state index contributed by atoms with van der Waals surface area (Å²) in [6.07, 6.45) is -3.00. The molecular formula is C24H29F3N4O4. The quantitative estimate of drug-likeness (QED) is 0.606. The van der Waals surface area contributed by atoms with Crippen LogP contribution in [0.1, 0.15) is 36.2 Å². The molecule has 0 saturated carbocycles. The van der Waals surface area contributed by atoms with Crippen LogP contribution in [0.4, 0.5) is 19.0 Å². The second-order valence-electron chi connectivity index (χ2n) is 7.83. The van der Waals surface area contributed by atoms with E-state index in [1.807, 2.05) is 18.7 Å². The molecule has 0 aliphatic carbocycles. The number of carbonyl (C=O) groups excluding carboxylic acids is 2. The molecule has 1 aromatic carbocycles. The van der Waals surface area contributed by atoms with Crippen LogP contribution < -0.4 is 19.7 Å². The molecule has 1 aliphatic rings. The van der Waals surface area contributed by atoms with Crippen LogP contribution in [0.3, 0.4) is 0 Å². The number of carbonyl (C=O) groups is 2. The monoisotopic (exact) mass is 494 g/mol. The highest BCUT2D eigenvalue weighted by atomic mass is 19.4. The van der Waals surface area contributed by atoms with Crippen molar-refractivity contribution in [2.75, 3.05) is 50.8 Å². The van der Waals surface area contributed by atoms with Crippen LogP contribution in [-0.2, 0) is 11.0 Å². The van der Waals surface area contributed by atoms with Gasteiger partial charge in [-0.05, 0) is 50.6 Å². The van der Waals surface area contributed by atoms with Crippen LogP contribution in [0.25, 0.3) is 0 Å². The van der Waals surface area contributed by atoms with Gasteiger partial charge in [-0.1, -0.05) is 0 Å². The van der Waals surface area contributed by atoms with E-state index in [0.29, 0.717) is 68.7 Å². The topological polar surface area (TPSA) is 84.0 Å². The number of ether oxygens (including phenoxy) is 2. The molecule has 1 N–H and O–H groups in total. The number of amides is 2. The molecule has 1 saturated heterocycles. The van der Waals surface area contributed by atoms with Gasteiger partial charge in [-0.15, -0.1) is 0 Å². The average molecular weight is 495 g/mol. The van der Waals surface area contributed by atoms with E-state index in [4.69, 9.17) is 9.47 Å². The Kier molecular flexibility index (Phi) is 8.78. The lowest BCUT2D eigenvalue weighted by Gasteiger charge is -2.23. The summed E-state index contributed by atoms with van der Waals surface area (Å²) in [5.41, 5.74) is -0.454. The zero-order valence-corrected chi connectivity index (χ0v) is 19.7. The van der Waals surface area contributed by atoms with Gasteiger partial charge in [0.15, 0.2) is 11.5 Å². The highest BCUT2D eigenvalue weighted by Gasteiger charge is 2.31. The summed E-state index contributed by atoms with van der Waals surface area (Å²) in [6, 6.07) is 7.19. The SMILES string of the molecule is CCOc1ccc(C(=O)NCC(=O)N2CCCN(c3ccc(C(F)(F)F)cn3)CC2)cc1OCC. The molecule has 190 valence electrons. The Bertz CT molecular complexity index is 1010. The zero-order chi connectivity index (χ0) is 25.4. The van der Waals surface area contributed by atoms with Crippen LogP contribution in [0.5, 0.6) is 11.5 Å². The maximum atomic E-state index is 12.8. The Morgan fingerprint density at radius 2 is 1.74 bits per heavy atom. The molecule has 0 radical (unpaired) electrons. The highest BCUT2D eigenvalue weighted by Crippen LogP contribution is 2.30. The van der Waals surface area contributed by atoms with Crippen molar-refractivity contribution in [1.82, 2.24) is 15.2 Å². The van der Waals surface area contributed by atoms with Gasteiger partial charge in [-0.3, -0.25) is 9.59 Å². The molecule has 8 nitrogen and oxygen atoms in total. The van der Waals surface area contributed by atoms with Gasteiger partial charge in [0.05, 0.1) is 25.3 Å². The summed E-state index contributed by atoms with van der Waals surface area (Å²) >= 11 is 0. The molecule has 1 aromatic heterocycles. The second-order valence-corrected chi connectivity index (χ2v) is 7.83. The van der Waals surface area contributed by atoms with Crippen molar-refractivity contribution >= 4 is 17.6 Å². The van der Waals surface area contributed by atoms with Crippen molar-refractivity contribution in [1.29, 1.82) is 0 Å². The average Bonchev–Trinajstić information content (AvgIpc) is 3.10. The van der Waals surface area contributed by atoms with E-state index >= 15 is 0 Å². The molecule has 35 heavy (non-hydrogen) atoms. The Labute approximate surface area is 202 Å². The van der Waals surface area contributed by atoms with Crippen molar-refractivity contribution in [3.05, 3.63) is 47.7 Å². The van der Waals surface area contributed by atoms with Crippen molar-refractivity contribution in [3.63, 3.8) is 0 Å². The predicted molar refractivity (Wildman–Crippen MR) is 124 cm³/mol. The number of benzene rings is 1. The number of hydrogen-bond acceptors (Lipinski definition) is 6. The minimum absolute atomic E-state index is 0.172. The van der Waals surface area contributed by atoms with Gasteiger partial charge in [-0.25, -0.2) is 4.98 Å². The third-order valence-corrected chi connectivity index (χ3v) is 5.45. The lowest BCUT2D eigenvalue weighted by molar-refractivity contribution is -0.137. The van der Waals surface area contributed by atoms with Gasteiger partial charge in [0.2, 0.25) is 5.91 Å². The molecular weight excluding hydrogens is 465 g/mol. The van der Waals surface area contributed by atoms with Gasteiger partial charge in [0.25, 0.3) is 5.91 Å². The molecule has 0 unspecified atom stereocenters. The maximum Gasteiger partial charge on any atom is 0.417 e. The maximum absolute atomic E-state index is 12.8. The minimum Gasteiger partial charge on any atom is -0.490 e. The first-order valence-corrected chi connectivity index (χ1v) is 11.5. The van der Waals surface area contributed by atoms with E-state index in [1.54, 1.807) is 23.1 Å². The Morgan fingerprint density at radius 3 is 2.40 bits per heavy atom. The fraction of sp³-hybridized carbons (Fsp3) is 0.458. The summed E-state index contributed by atoms with van der Waals surface area (Å²) in [7, 11) is 0. The van der Waals surface area contributed by atoms with Crippen molar-refractivity contribution in [2.45, 2.75) is 26.4 Å². The molecule has 1 aliphatic heterocycles. The fourth-order valence-electron chi connectivity index (χ4n) is 3.70.